The molecule has 0 fully saturated rings. The number of hydrogen-bond acceptors (Lipinski definition) is 4. The topological polar surface area (TPSA) is 33.2 Å². The van der Waals surface area contributed by atoms with Crippen molar-refractivity contribution < 1.29 is 4.79 Å². The lowest BCUT2D eigenvalue weighted by Gasteiger charge is -2.25. The predicted octanol–water partition coefficient (Wildman–Crippen LogP) is 5.41. The summed E-state index contributed by atoms with van der Waals surface area (Å²) in [6, 6.07) is 14.1. The highest BCUT2D eigenvalue weighted by molar-refractivity contribution is 8.02. The van der Waals surface area contributed by atoms with Crippen LogP contribution in [0, 0.1) is 0 Å². The van der Waals surface area contributed by atoms with E-state index in [2.05, 4.69) is 18.0 Å². The van der Waals surface area contributed by atoms with E-state index in [0.29, 0.717) is 5.02 Å². The number of thioether (sulfide) groups is 1. The summed E-state index contributed by atoms with van der Waals surface area (Å²) in [4.78, 5) is 19.6. The molecule has 1 aromatic heterocycles. The van der Waals surface area contributed by atoms with Gasteiger partial charge in [-0.25, -0.2) is 4.98 Å². The fourth-order valence-electron chi connectivity index (χ4n) is 3.23. The van der Waals surface area contributed by atoms with Crippen LogP contribution in [0.15, 0.2) is 46.8 Å². The number of fused-ring (bicyclic) bond motifs is 2. The Kier molecular flexibility index (Phi) is 4.48. The molecule has 1 aliphatic heterocycles. The largest absolute Gasteiger partial charge is 0.308 e. The number of nitrogens with zero attached hydrogens (tertiary/aromatic N) is 2. The smallest absolute Gasteiger partial charge is 0.240 e. The molecule has 1 aliphatic rings. The summed E-state index contributed by atoms with van der Waals surface area (Å²) in [6.07, 6.45) is 0.916. The Morgan fingerprint density at radius 3 is 3.00 bits per heavy atom. The molecule has 3 aromatic rings. The maximum atomic E-state index is 13.1. The standard InChI is InChI=1S/C19H17ClN2OS2/c1-11-9-13-5-3-4-6-16(13)22(11)18(23)12(2)24-19-21-15-10-14(20)7-8-17(15)25-19/h3-8,10-12H,9H2,1-2H3/t11-,12+/m0/s1. The monoisotopic (exact) mass is 388 g/mol. The molecule has 2 heterocycles. The van der Waals surface area contributed by atoms with Gasteiger partial charge < -0.3 is 4.90 Å². The van der Waals surface area contributed by atoms with Gasteiger partial charge in [0, 0.05) is 16.8 Å². The number of halogens is 1. The molecule has 128 valence electrons. The molecule has 0 bridgehead atoms. The second kappa shape index (κ2) is 6.63. The van der Waals surface area contributed by atoms with Crippen LogP contribution in [0.4, 0.5) is 5.69 Å². The maximum Gasteiger partial charge on any atom is 0.240 e. The molecule has 6 heteroatoms. The molecule has 2 aromatic carbocycles. The molecule has 1 amide bonds. The van der Waals surface area contributed by atoms with Gasteiger partial charge in [0.2, 0.25) is 5.91 Å². The highest BCUT2D eigenvalue weighted by atomic mass is 35.5. The van der Waals surface area contributed by atoms with Crippen molar-refractivity contribution in [3.63, 3.8) is 0 Å². The van der Waals surface area contributed by atoms with Gasteiger partial charge in [-0.2, -0.15) is 0 Å². The Hall–Kier alpha value is -1.56. The second-order valence-electron chi connectivity index (χ2n) is 6.24. The summed E-state index contributed by atoms with van der Waals surface area (Å²) in [7, 11) is 0. The van der Waals surface area contributed by atoms with E-state index < -0.39 is 0 Å². The van der Waals surface area contributed by atoms with E-state index in [9.17, 15) is 4.79 Å². The lowest BCUT2D eigenvalue weighted by molar-refractivity contribution is -0.118. The fourth-order valence-corrected chi connectivity index (χ4v) is 5.64. The minimum Gasteiger partial charge on any atom is -0.308 e. The number of amides is 1. The lowest BCUT2D eigenvalue weighted by Crippen LogP contribution is -2.40. The Morgan fingerprint density at radius 1 is 1.36 bits per heavy atom. The Bertz CT molecular complexity index is 956. The number of aromatic nitrogens is 1. The molecule has 0 spiro atoms. The Morgan fingerprint density at radius 2 is 2.16 bits per heavy atom. The maximum absolute atomic E-state index is 13.1. The van der Waals surface area contributed by atoms with Crippen LogP contribution in [0.1, 0.15) is 19.4 Å². The molecule has 0 aliphatic carbocycles. The van der Waals surface area contributed by atoms with E-state index >= 15 is 0 Å². The third-order valence-corrected chi connectivity index (χ3v) is 6.85. The third-order valence-electron chi connectivity index (χ3n) is 4.40. The molecule has 3 nitrogen and oxygen atoms in total. The molecule has 4 rings (SSSR count). The first kappa shape index (κ1) is 16.9. The van der Waals surface area contributed by atoms with E-state index in [4.69, 9.17) is 11.6 Å². The zero-order valence-corrected chi connectivity index (χ0v) is 16.3. The minimum absolute atomic E-state index is 0.139. The number of thiazole rings is 1. The first-order chi connectivity index (χ1) is 12.0. The van der Waals surface area contributed by atoms with Crippen molar-refractivity contribution in [1.82, 2.24) is 4.98 Å². The average Bonchev–Trinajstić information content (AvgIpc) is 3.12. The van der Waals surface area contributed by atoms with Gasteiger partial charge in [0.15, 0.2) is 4.34 Å². The third kappa shape index (κ3) is 3.16. The van der Waals surface area contributed by atoms with Crippen molar-refractivity contribution in [2.45, 2.75) is 35.9 Å². The Labute approximate surface area is 160 Å². The van der Waals surface area contributed by atoms with E-state index in [0.717, 1.165) is 26.7 Å². The SMILES string of the molecule is C[C@@H](Sc1nc2cc(Cl)ccc2s1)C(=O)N1c2ccccc2C[C@@H]1C. The van der Waals surface area contributed by atoms with Crippen molar-refractivity contribution in [3.05, 3.63) is 53.1 Å². The molecule has 25 heavy (non-hydrogen) atoms. The van der Waals surface area contributed by atoms with Crippen molar-refractivity contribution in [3.8, 4) is 0 Å². The summed E-state index contributed by atoms with van der Waals surface area (Å²) in [5.41, 5.74) is 3.18. The van der Waals surface area contributed by atoms with E-state index in [1.165, 1.54) is 17.3 Å². The number of anilines is 1. The van der Waals surface area contributed by atoms with E-state index in [-0.39, 0.29) is 17.2 Å². The zero-order chi connectivity index (χ0) is 17.6. The van der Waals surface area contributed by atoms with E-state index in [1.807, 2.05) is 48.2 Å². The van der Waals surface area contributed by atoms with Gasteiger partial charge >= 0.3 is 0 Å². The van der Waals surface area contributed by atoms with Crippen LogP contribution in [-0.4, -0.2) is 22.2 Å². The van der Waals surface area contributed by atoms with Crippen LogP contribution in [0.2, 0.25) is 5.02 Å². The van der Waals surface area contributed by atoms with Crippen molar-refractivity contribution >= 4 is 56.5 Å². The van der Waals surface area contributed by atoms with Crippen molar-refractivity contribution in [2.24, 2.45) is 0 Å². The van der Waals surface area contributed by atoms with Gasteiger partial charge in [-0.15, -0.1) is 11.3 Å². The molecule has 0 unspecified atom stereocenters. The number of carbonyl (C=O) groups is 1. The number of benzene rings is 2. The zero-order valence-electron chi connectivity index (χ0n) is 13.9. The van der Waals surface area contributed by atoms with Crippen molar-refractivity contribution in [1.29, 1.82) is 0 Å². The average molecular weight is 389 g/mol. The number of para-hydroxylation sites is 1. The lowest BCUT2D eigenvalue weighted by atomic mass is 10.1. The van der Waals surface area contributed by atoms with Crippen LogP contribution in [-0.2, 0) is 11.2 Å². The molecular formula is C19H17ClN2OS2. The molecular weight excluding hydrogens is 372 g/mol. The van der Waals surface area contributed by atoms with Gasteiger partial charge in [0.05, 0.1) is 15.5 Å². The summed E-state index contributed by atoms with van der Waals surface area (Å²) in [6.45, 7) is 4.06. The summed E-state index contributed by atoms with van der Waals surface area (Å²) >= 11 is 9.15. The minimum atomic E-state index is -0.190. The van der Waals surface area contributed by atoms with Crippen LogP contribution in [0.25, 0.3) is 10.2 Å². The second-order valence-corrected chi connectivity index (χ2v) is 9.30. The normalized spacial score (nSPS) is 17.7. The quantitative estimate of drug-likeness (QED) is 0.562. The molecule has 0 saturated carbocycles. The highest BCUT2D eigenvalue weighted by Gasteiger charge is 2.33. The fraction of sp³-hybridized carbons (Fsp3) is 0.263. The van der Waals surface area contributed by atoms with Gasteiger partial charge in [-0.1, -0.05) is 41.6 Å². The summed E-state index contributed by atoms with van der Waals surface area (Å²) in [5, 5.41) is 0.491. The van der Waals surface area contributed by atoms with Crippen LogP contribution < -0.4 is 4.90 Å². The van der Waals surface area contributed by atoms with Gasteiger partial charge in [0.25, 0.3) is 0 Å². The molecule has 0 saturated heterocycles. The molecule has 0 N–H and O–H groups in total. The van der Waals surface area contributed by atoms with Crippen LogP contribution in [0.5, 0.6) is 0 Å². The predicted molar refractivity (Wildman–Crippen MR) is 107 cm³/mol. The molecule has 0 radical (unpaired) electrons. The van der Waals surface area contributed by atoms with Crippen molar-refractivity contribution in [2.75, 3.05) is 4.90 Å². The van der Waals surface area contributed by atoms with Gasteiger partial charge in [0.1, 0.15) is 0 Å². The van der Waals surface area contributed by atoms with Gasteiger partial charge in [-0.3, -0.25) is 4.79 Å². The first-order valence-corrected chi connectivity index (χ1v) is 10.2. The Balaban J connectivity index is 1.56. The highest BCUT2D eigenvalue weighted by Crippen LogP contribution is 2.37. The van der Waals surface area contributed by atoms with E-state index in [1.54, 1.807) is 11.3 Å². The van der Waals surface area contributed by atoms with Crippen LogP contribution in [0.3, 0.4) is 0 Å². The summed E-state index contributed by atoms with van der Waals surface area (Å²) in [5.74, 6) is 0.139. The number of hydrogen-bond donors (Lipinski definition) is 0. The number of carbonyl (C=O) groups excluding carboxylic acids is 1. The number of rotatable bonds is 3. The van der Waals surface area contributed by atoms with Crippen LogP contribution >= 0.6 is 34.7 Å². The summed E-state index contributed by atoms with van der Waals surface area (Å²) < 4.78 is 1.99. The molecule has 2 atom stereocenters. The first-order valence-electron chi connectivity index (χ1n) is 8.16. The van der Waals surface area contributed by atoms with Gasteiger partial charge in [-0.05, 0) is 50.1 Å².